The zero-order valence-corrected chi connectivity index (χ0v) is 13.0. The average molecular weight is 300 g/mol. The van der Waals surface area contributed by atoms with Gasteiger partial charge in [-0.2, -0.15) is 0 Å². The van der Waals surface area contributed by atoms with Gasteiger partial charge in [0.2, 0.25) is 11.8 Å². The first-order chi connectivity index (χ1) is 9.43. The molecule has 0 spiro atoms. The summed E-state index contributed by atoms with van der Waals surface area (Å²) in [6, 6.07) is 0. The van der Waals surface area contributed by atoms with Crippen molar-refractivity contribution in [2.75, 3.05) is 40.3 Å². The first kappa shape index (κ1) is 16.8. The molecule has 2 amide bonds. The minimum Gasteiger partial charge on any atom is -0.393 e. The van der Waals surface area contributed by atoms with Gasteiger partial charge in [-0.25, -0.2) is 0 Å². The van der Waals surface area contributed by atoms with E-state index in [1.807, 2.05) is 0 Å². The quantitative estimate of drug-likeness (QED) is 0.651. The Morgan fingerprint density at radius 1 is 1.40 bits per heavy atom. The highest BCUT2D eigenvalue weighted by Gasteiger charge is 2.25. The Labute approximate surface area is 125 Å². The Hall–Kier alpha value is -1.21. The highest BCUT2D eigenvalue weighted by molar-refractivity contribution is 7.80. The van der Waals surface area contributed by atoms with Crippen LogP contribution in [0.15, 0.2) is 0 Å². The molecular weight excluding hydrogens is 276 g/mol. The molecule has 0 aromatic rings. The molecule has 0 saturated carbocycles. The predicted molar refractivity (Wildman–Crippen MR) is 82.3 cm³/mol. The summed E-state index contributed by atoms with van der Waals surface area (Å²) in [6.45, 7) is 2.52. The molecular formula is C13H24N4O2S. The van der Waals surface area contributed by atoms with Gasteiger partial charge >= 0.3 is 0 Å². The summed E-state index contributed by atoms with van der Waals surface area (Å²) < 4.78 is 0. The van der Waals surface area contributed by atoms with Gasteiger partial charge in [0.1, 0.15) is 0 Å². The van der Waals surface area contributed by atoms with E-state index in [2.05, 4.69) is 10.2 Å². The number of amides is 2. The maximum atomic E-state index is 12.0. The monoisotopic (exact) mass is 300 g/mol. The Kier molecular flexibility index (Phi) is 6.87. The third-order valence-electron chi connectivity index (χ3n) is 3.68. The fourth-order valence-corrected chi connectivity index (χ4v) is 2.36. The molecule has 0 aromatic heterocycles. The number of likely N-dealkylation sites (tertiary alicyclic amines) is 1. The van der Waals surface area contributed by atoms with Gasteiger partial charge in [-0.15, -0.1) is 0 Å². The summed E-state index contributed by atoms with van der Waals surface area (Å²) in [7, 11) is 3.42. The van der Waals surface area contributed by atoms with Crippen molar-refractivity contribution in [3.63, 3.8) is 0 Å². The van der Waals surface area contributed by atoms with Crippen LogP contribution in [0.25, 0.3) is 0 Å². The Bertz CT molecular complexity index is 367. The molecule has 0 bridgehead atoms. The summed E-state index contributed by atoms with van der Waals surface area (Å²) in [5, 5.41) is 2.68. The van der Waals surface area contributed by atoms with Crippen molar-refractivity contribution < 1.29 is 9.59 Å². The highest BCUT2D eigenvalue weighted by Crippen LogP contribution is 2.17. The van der Waals surface area contributed by atoms with E-state index in [4.69, 9.17) is 18.0 Å². The first-order valence-electron chi connectivity index (χ1n) is 6.90. The van der Waals surface area contributed by atoms with Crippen LogP contribution in [0.3, 0.4) is 0 Å². The maximum Gasteiger partial charge on any atom is 0.236 e. The fraction of sp³-hybridized carbons (Fsp3) is 0.769. The van der Waals surface area contributed by atoms with Crippen LogP contribution in [-0.4, -0.2) is 66.9 Å². The smallest absolute Gasteiger partial charge is 0.236 e. The van der Waals surface area contributed by atoms with E-state index in [1.165, 1.54) is 0 Å². The van der Waals surface area contributed by atoms with Crippen LogP contribution < -0.4 is 11.1 Å². The number of nitrogens with one attached hydrogen (secondary N) is 1. The van der Waals surface area contributed by atoms with Crippen molar-refractivity contribution in [3.8, 4) is 0 Å². The zero-order valence-electron chi connectivity index (χ0n) is 12.2. The SMILES string of the molecule is CNC(=O)C1CCN(CC(=O)N(C)CCC(N)=S)CC1. The van der Waals surface area contributed by atoms with Gasteiger partial charge in [0.05, 0.1) is 11.5 Å². The predicted octanol–water partition coefficient (Wildman–Crippen LogP) is -0.421. The van der Waals surface area contributed by atoms with Gasteiger partial charge in [-0.05, 0) is 25.9 Å². The summed E-state index contributed by atoms with van der Waals surface area (Å²) in [5.41, 5.74) is 5.43. The highest BCUT2D eigenvalue weighted by atomic mass is 32.1. The normalized spacial score (nSPS) is 16.7. The largest absolute Gasteiger partial charge is 0.393 e. The molecule has 6 nitrogen and oxygen atoms in total. The molecule has 0 radical (unpaired) electrons. The topological polar surface area (TPSA) is 78.7 Å². The fourth-order valence-electron chi connectivity index (χ4n) is 2.27. The number of carbonyl (C=O) groups is 2. The number of likely N-dealkylation sites (N-methyl/N-ethyl adjacent to an activating group) is 1. The molecule has 1 rings (SSSR count). The standard InChI is InChI=1S/C13H24N4O2S/c1-15-13(19)10-3-7-17(8-4-10)9-12(18)16(2)6-5-11(14)20/h10H,3-9H2,1-2H3,(H2,14,20)(H,15,19). The van der Waals surface area contributed by atoms with E-state index in [0.29, 0.717) is 24.5 Å². The number of hydrogen-bond donors (Lipinski definition) is 2. The summed E-state index contributed by atoms with van der Waals surface area (Å²) >= 11 is 4.80. The first-order valence-corrected chi connectivity index (χ1v) is 7.31. The lowest BCUT2D eigenvalue weighted by molar-refractivity contribution is -0.131. The molecule has 1 aliphatic rings. The van der Waals surface area contributed by atoms with E-state index >= 15 is 0 Å². The minimum absolute atomic E-state index is 0.0691. The van der Waals surface area contributed by atoms with E-state index < -0.39 is 0 Å². The van der Waals surface area contributed by atoms with Crippen LogP contribution in [0.2, 0.25) is 0 Å². The van der Waals surface area contributed by atoms with Crippen LogP contribution in [0.4, 0.5) is 0 Å². The summed E-state index contributed by atoms with van der Waals surface area (Å²) in [6.07, 6.45) is 2.17. The molecule has 1 fully saturated rings. The van der Waals surface area contributed by atoms with Gasteiger partial charge in [-0.3, -0.25) is 14.5 Å². The van der Waals surface area contributed by atoms with Gasteiger partial charge in [0.15, 0.2) is 0 Å². The van der Waals surface area contributed by atoms with Crippen molar-refractivity contribution >= 4 is 29.0 Å². The molecule has 0 aromatic carbocycles. The molecule has 20 heavy (non-hydrogen) atoms. The third-order valence-corrected chi connectivity index (χ3v) is 3.89. The van der Waals surface area contributed by atoms with Gasteiger partial charge in [0, 0.05) is 33.0 Å². The average Bonchev–Trinajstić information content (AvgIpc) is 2.44. The van der Waals surface area contributed by atoms with Crippen molar-refractivity contribution in [3.05, 3.63) is 0 Å². The van der Waals surface area contributed by atoms with E-state index in [1.54, 1.807) is 19.0 Å². The second kappa shape index (κ2) is 8.16. The van der Waals surface area contributed by atoms with Gasteiger partial charge in [0.25, 0.3) is 0 Å². The molecule has 1 heterocycles. The van der Waals surface area contributed by atoms with Crippen LogP contribution >= 0.6 is 12.2 Å². The molecule has 114 valence electrons. The van der Waals surface area contributed by atoms with Crippen LogP contribution in [-0.2, 0) is 9.59 Å². The van der Waals surface area contributed by atoms with E-state index in [-0.39, 0.29) is 17.7 Å². The number of thiocarbonyl (C=S) groups is 1. The lowest BCUT2D eigenvalue weighted by atomic mass is 9.96. The van der Waals surface area contributed by atoms with E-state index in [9.17, 15) is 9.59 Å². The second-order valence-electron chi connectivity index (χ2n) is 5.20. The third kappa shape index (κ3) is 5.42. The number of nitrogens with two attached hydrogens (primary N) is 1. The van der Waals surface area contributed by atoms with Gasteiger partial charge in [-0.1, -0.05) is 12.2 Å². The molecule has 0 unspecified atom stereocenters. The number of rotatable bonds is 6. The number of nitrogens with zero attached hydrogens (tertiary/aromatic N) is 2. The lowest BCUT2D eigenvalue weighted by Crippen LogP contribution is -2.44. The number of piperidine rings is 1. The molecule has 0 aliphatic carbocycles. The summed E-state index contributed by atoms with van der Waals surface area (Å²) in [4.78, 5) is 27.7. The van der Waals surface area contributed by atoms with Crippen LogP contribution in [0, 0.1) is 5.92 Å². The summed E-state index contributed by atoms with van der Waals surface area (Å²) in [5.74, 6) is 0.253. The van der Waals surface area contributed by atoms with Gasteiger partial charge < -0.3 is 16.0 Å². The minimum atomic E-state index is 0.0691. The van der Waals surface area contributed by atoms with Crippen molar-refractivity contribution in [2.24, 2.45) is 11.7 Å². The van der Waals surface area contributed by atoms with Crippen molar-refractivity contribution in [1.82, 2.24) is 15.1 Å². The molecule has 1 saturated heterocycles. The Balaban J connectivity index is 2.30. The maximum absolute atomic E-state index is 12.0. The lowest BCUT2D eigenvalue weighted by Gasteiger charge is -2.31. The van der Waals surface area contributed by atoms with Crippen molar-refractivity contribution in [1.29, 1.82) is 0 Å². The number of carbonyl (C=O) groups excluding carboxylic acids is 2. The Morgan fingerprint density at radius 3 is 2.50 bits per heavy atom. The molecule has 0 atom stereocenters. The Morgan fingerprint density at radius 2 is 2.00 bits per heavy atom. The van der Waals surface area contributed by atoms with Crippen molar-refractivity contribution in [2.45, 2.75) is 19.3 Å². The van der Waals surface area contributed by atoms with Crippen LogP contribution in [0.1, 0.15) is 19.3 Å². The van der Waals surface area contributed by atoms with E-state index in [0.717, 1.165) is 25.9 Å². The molecule has 3 N–H and O–H groups in total. The zero-order chi connectivity index (χ0) is 15.1. The molecule has 7 heteroatoms. The second-order valence-corrected chi connectivity index (χ2v) is 5.72. The van der Waals surface area contributed by atoms with Crippen LogP contribution in [0.5, 0.6) is 0 Å². The number of hydrogen-bond acceptors (Lipinski definition) is 4. The molecule has 1 aliphatic heterocycles.